The van der Waals surface area contributed by atoms with Gasteiger partial charge in [0, 0.05) is 17.0 Å². The SMILES string of the molecule is C=CCOC(=O)C1=C(C)N=c2sc(=C3C(=O)N(CCCCCCC)c4ccccc43)c(=O)n2C1c1ccc(SC)cc1. The molecule has 42 heavy (non-hydrogen) atoms. The molecule has 0 N–H and O–H groups in total. The lowest BCUT2D eigenvalue weighted by Crippen LogP contribution is -2.41. The number of fused-ring (bicyclic) bond motifs is 2. The topological polar surface area (TPSA) is 81.0 Å². The van der Waals surface area contributed by atoms with E-state index in [-0.39, 0.29) is 18.1 Å². The molecule has 1 unspecified atom stereocenters. The van der Waals surface area contributed by atoms with E-state index in [9.17, 15) is 14.4 Å². The number of esters is 1. The number of carbonyl (C=O) groups is 2. The van der Waals surface area contributed by atoms with Gasteiger partial charge in [0.2, 0.25) is 0 Å². The average molecular weight is 602 g/mol. The normalized spacial score (nSPS) is 17.2. The number of thioether (sulfide) groups is 1. The Hall–Kier alpha value is -3.69. The van der Waals surface area contributed by atoms with Crippen LogP contribution in [0.25, 0.3) is 5.57 Å². The molecular formula is C33H35N3O4S2. The predicted octanol–water partition coefficient (Wildman–Crippen LogP) is 5.37. The van der Waals surface area contributed by atoms with Crippen molar-refractivity contribution < 1.29 is 14.3 Å². The Morgan fingerprint density at radius 1 is 1.10 bits per heavy atom. The molecule has 0 saturated carbocycles. The summed E-state index contributed by atoms with van der Waals surface area (Å²) >= 11 is 2.81. The van der Waals surface area contributed by atoms with Crippen molar-refractivity contribution >= 4 is 46.2 Å². The van der Waals surface area contributed by atoms with Gasteiger partial charge in [0.05, 0.1) is 28.6 Å². The Kier molecular flexibility index (Phi) is 9.28. The molecule has 0 radical (unpaired) electrons. The van der Waals surface area contributed by atoms with Crippen LogP contribution in [-0.2, 0) is 14.3 Å². The minimum atomic E-state index is -0.745. The van der Waals surface area contributed by atoms with E-state index in [0.717, 1.165) is 47.4 Å². The van der Waals surface area contributed by atoms with Gasteiger partial charge in [-0.15, -0.1) is 11.8 Å². The van der Waals surface area contributed by atoms with Crippen LogP contribution in [0.5, 0.6) is 0 Å². The van der Waals surface area contributed by atoms with Crippen molar-refractivity contribution in [1.29, 1.82) is 0 Å². The third kappa shape index (κ3) is 5.55. The first kappa shape index (κ1) is 29.8. The largest absolute Gasteiger partial charge is 0.458 e. The molecule has 3 aromatic rings. The second-order valence-electron chi connectivity index (χ2n) is 10.3. The lowest BCUT2D eigenvalue weighted by molar-refractivity contribution is -0.138. The Labute approximate surface area is 253 Å². The molecule has 9 heteroatoms. The number of aromatic nitrogens is 1. The van der Waals surface area contributed by atoms with E-state index in [4.69, 9.17) is 4.74 Å². The number of rotatable bonds is 11. The van der Waals surface area contributed by atoms with Gasteiger partial charge in [-0.05, 0) is 43.4 Å². The summed E-state index contributed by atoms with van der Waals surface area (Å²) in [6, 6.07) is 14.7. The zero-order chi connectivity index (χ0) is 29.8. The van der Waals surface area contributed by atoms with Gasteiger partial charge in [0.1, 0.15) is 11.1 Å². The van der Waals surface area contributed by atoms with Crippen LogP contribution in [0.2, 0.25) is 0 Å². The smallest absolute Gasteiger partial charge is 0.338 e. The third-order valence-electron chi connectivity index (χ3n) is 7.62. The molecule has 3 heterocycles. The van der Waals surface area contributed by atoms with E-state index in [1.165, 1.54) is 23.8 Å². The van der Waals surface area contributed by atoms with Gasteiger partial charge in [-0.2, -0.15) is 0 Å². The molecule has 0 bridgehead atoms. The molecular weight excluding hydrogens is 567 g/mol. The van der Waals surface area contributed by atoms with Gasteiger partial charge >= 0.3 is 5.97 Å². The van der Waals surface area contributed by atoms with E-state index < -0.39 is 12.0 Å². The van der Waals surface area contributed by atoms with Crippen molar-refractivity contribution in [1.82, 2.24) is 4.57 Å². The second-order valence-corrected chi connectivity index (χ2v) is 12.2. The van der Waals surface area contributed by atoms with Crippen LogP contribution in [0.1, 0.15) is 63.1 Å². The van der Waals surface area contributed by atoms with Gasteiger partial charge < -0.3 is 9.64 Å². The van der Waals surface area contributed by atoms with Gasteiger partial charge in [-0.25, -0.2) is 9.79 Å². The molecule has 0 fully saturated rings. The number of amides is 1. The zero-order valence-electron chi connectivity index (χ0n) is 24.2. The summed E-state index contributed by atoms with van der Waals surface area (Å²) in [4.78, 5) is 49.6. The highest BCUT2D eigenvalue weighted by molar-refractivity contribution is 7.98. The Morgan fingerprint density at radius 2 is 1.83 bits per heavy atom. The highest BCUT2D eigenvalue weighted by Gasteiger charge is 2.37. The number of anilines is 1. The molecule has 0 saturated heterocycles. The molecule has 1 amide bonds. The number of hydrogen-bond donors (Lipinski definition) is 0. The third-order valence-corrected chi connectivity index (χ3v) is 9.41. The summed E-state index contributed by atoms with van der Waals surface area (Å²) in [5, 5.41) is 0. The molecule has 2 aromatic carbocycles. The van der Waals surface area contributed by atoms with E-state index in [1.807, 2.05) is 54.8 Å². The number of unbranched alkanes of at least 4 members (excludes halogenated alkanes) is 4. The molecule has 5 rings (SSSR count). The molecule has 0 aliphatic carbocycles. The number of allylic oxidation sites excluding steroid dienone is 1. The molecule has 0 spiro atoms. The minimum absolute atomic E-state index is 0.0435. The monoisotopic (exact) mass is 601 g/mol. The zero-order valence-corrected chi connectivity index (χ0v) is 25.9. The molecule has 218 valence electrons. The first-order valence-electron chi connectivity index (χ1n) is 14.3. The summed E-state index contributed by atoms with van der Waals surface area (Å²) in [7, 11) is 0. The fraction of sp³-hybridized carbons (Fsp3) is 0.333. The van der Waals surface area contributed by atoms with E-state index in [0.29, 0.717) is 32.7 Å². The number of ether oxygens (including phenoxy) is 1. The average Bonchev–Trinajstić information content (AvgIpc) is 3.47. The maximum absolute atomic E-state index is 14.3. The van der Waals surface area contributed by atoms with Crippen LogP contribution in [0, 0.1) is 0 Å². The first-order chi connectivity index (χ1) is 20.4. The van der Waals surface area contributed by atoms with Crippen LogP contribution in [0.4, 0.5) is 5.69 Å². The summed E-state index contributed by atoms with van der Waals surface area (Å²) in [5.41, 5.74) is 3.17. The molecule has 7 nitrogen and oxygen atoms in total. The van der Waals surface area contributed by atoms with E-state index in [1.54, 1.807) is 28.2 Å². The van der Waals surface area contributed by atoms with Gasteiger partial charge in [-0.3, -0.25) is 14.2 Å². The number of benzene rings is 2. The van der Waals surface area contributed by atoms with Crippen molar-refractivity contribution in [2.75, 3.05) is 24.3 Å². The van der Waals surface area contributed by atoms with Crippen molar-refractivity contribution in [2.45, 2.75) is 56.9 Å². The van der Waals surface area contributed by atoms with Crippen molar-refractivity contribution in [3.63, 3.8) is 0 Å². The highest BCUT2D eigenvalue weighted by Crippen LogP contribution is 2.36. The maximum atomic E-state index is 14.3. The van der Waals surface area contributed by atoms with Crippen LogP contribution >= 0.6 is 23.1 Å². The lowest BCUT2D eigenvalue weighted by atomic mass is 9.96. The summed E-state index contributed by atoms with van der Waals surface area (Å²) < 4.78 is 7.32. The van der Waals surface area contributed by atoms with Crippen LogP contribution in [-0.4, -0.2) is 35.9 Å². The van der Waals surface area contributed by atoms with Crippen LogP contribution in [0.3, 0.4) is 0 Å². The number of carbonyl (C=O) groups excluding carboxylic acids is 2. The standard InChI is InChI=1S/C33H35N3O4S2/c1-5-7-8-9-12-19-35-25-14-11-10-13-24(25)27(30(35)37)29-31(38)36-28(22-15-17-23(41-4)18-16-22)26(32(39)40-20-6-2)21(3)34-33(36)42-29/h6,10-11,13-18,28H,2,5,7-9,12,19-20H2,1,3-4H3. The number of thiazole rings is 1. The molecule has 1 atom stereocenters. The van der Waals surface area contributed by atoms with Crippen molar-refractivity contribution in [2.24, 2.45) is 4.99 Å². The fourth-order valence-electron chi connectivity index (χ4n) is 5.54. The van der Waals surface area contributed by atoms with Gasteiger partial charge in [0.25, 0.3) is 11.5 Å². The summed E-state index contributed by atoms with van der Waals surface area (Å²) in [5.74, 6) is -0.719. The molecule has 1 aromatic heterocycles. The minimum Gasteiger partial charge on any atom is -0.458 e. The number of para-hydroxylation sites is 1. The van der Waals surface area contributed by atoms with E-state index in [2.05, 4.69) is 18.5 Å². The number of nitrogens with zero attached hydrogens (tertiary/aromatic N) is 3. The fourth-order valence-corrected chi connectivity index (χ4v) is 7.09. The van der Waals surface area contributed by atoms with E-state index >= 15 is 0 Å². The quantitative estimate of drug-likeness (QED) is 0.128. The van der Waals surface area contributed by atoms with Crippen molar-refractivity contribution in [3.05, 3.63) is 103 Å². The van der Waals surface area contributed by atoms with Gasteiger partial charge in [0.15, 0.2) is 4.80 Å². The van der Waals surface area contributed by atoms with Crippen molar-refractivity contribution in [3.8, 4) is 0 Å². The Morgan fingerprint density at radius 3 is 2.55 bits per heavy atom. The lowest BCUT2D eigenvalue weighted by Gasteiger charge is -2.24. The predicted molar refractivity (Wildman–Crippen MR) is 170 cm³/mol. The first-order valence-corrected chi connectivity index (χ1v) is 16.3. The second kappa shape index (κ2) is 13.1. The maximum Gasteiger partial charge on any atom is 0.338 e. The summed E-state index contributed by atoms with van der Waals surface area (Å²) in [6.07, 6.45) is 8.93. The summed E-state index contributed by atoms with van der Waals surface area (Å²) in [6.45, 7) is 8.22. The van der Waals surface area contributed by atoms with Crippen LogP contribution < -0.4 is 19.8 Å². The highest BCUT2D eigenvalue weighted by atomic mass is 32.2. The molecule has 2 aliphatic heterocycles. The Balaban J connectivity index is 1.66. The van der Waals surface area contributed by atoms with Crippen LogP contribution in [0.15, 0.2) is 87.1 Å². The molecule has 2 aliphatic rings. The Bertz CT molecular complexity index is 1730. The number of hydrogen-bond acceptors (Lipinski definition) is 7. The van der Waals surface area contributed by atoms with Gasteiger partial charge in [-0.1, -0.05) is 86.9 Å².